The molecular weight excluding hydrogens is 212 g/mol. The van der Waals surface area contributed by atoms with Crippen molar-refractivity contribution in [1.82, 2.24) is 15.1 Å². The lowest BCUT2D eigenvalue weighted by atomic mass is 9.96. The Morgan fingerprint density at radius 2 is 2.00 bits per heavy atom. The van der Waals surface area contributed by atoms with Gasteiger partial charge in [-0.25, -0.2) is 0 Å². The molecule has 1 atom stereocenters. The van der Waals surface area contributed by atoms with Gasteiger partial charge in [-0.15, -0.1) is 0 Å². The van der Waals surface area contributed by atoms with Crippen molar-refractivity contribution in [1.29, 1.82) is 0 Å². The van der Waals surface area contributed by atoms with Crippen LogP contribution in [0.5, 0.6) is 0 Å². The van der Waals surface area contributed by atoms with Crippen LogP contribution in [-0.2, 0) is 13.6 Å². The van der Waals surface area contributed by atoms with Gasteiger partial charge in [-0.05, 0) is 38.8 Å². The molecule has 0 aliphatic heterocycles. The number of hydrogen-bond donors (Lipinski definition) is 2. The highest BCUT2D eigenvalue weighted by Crippen LogP contribution is 2.12. The molecule has 1 heterocycles. The second-order valence-corrected chi connectivity index (χ2v) is 5.14. The van der Waals surface area contributed by atoms with Gasteiger partial charge < -0.3 is 11.1 Å². The van der Waals surface area contributed by atoms with Crippen LogP contribution in [0.1, 0.15) is 30.8 Å². The Morgan fingerprint density at radius 3 is 2.41 bits per heavy atom. The van der Waals surface area contributed by atoms with E-state index in [4.69, 9.17) is 5.73 Å². The maximum Gasteiger partial charge on any atom is 0.0641 e. The maximum atomic E-state index is 5.76. The molecular formula is C13H26N4. The fourth-order valence-corrected chi connectivity index (χ4v) is 2.05. The molecule has 3 N–H and O–H groups in total. The summed E-state index contributed by atoms with van der Waals surface area (Å²) in [4.78, 5) is 0. The fraction of sp³-hybridized carbons (Fsp3) is 0.769. The van der Waals surface area contributed by atoms with Crippen LogP contribution in [0.4, 0.5) is 0 Å². The van der Waals surface area contributed by atoms with Crippen LogP contribution in [-0.4, -0.2) is 22.9 Å². The van der Waals surface area contributed by atoms with Crippen molar-refractivity contribution in [3.05, 3.63) is 17.0 Å². The molecule has 1 aromatic heterocycles. The van der Waals surface area contributed by atoms with Crippen LogP contribution in [0.2, 0.25) is 0 Å². The number of nitrogens with zero attached hydrogens (tertiary/aromatic N) is 2. The lowest BCUT2D eigenvalue weighted by molar-refractivity contribution is 0.370. The monoisotopic (exact) mass is 238 g/mol. The fourth-order valence-electron chi connectivity index (χ4n) is 2.05. The van der Waals surface area contributed by atoms with Gasteiger partial charge in [-0.1, -0.05) is 13.8 Å². The highest BCUT2D eigenvalue weighted by molar-refractivity contribution is 5.23. The lowest BCUT2D eigenvalue weighted by Crippen LogP contribution is -2.31. The van der Waals surface area contributed by atoms with Gasteiger partial charge >= 0.3 is 0 Å². The molecule has 4 nitrogen and oxygen atoms in total. The first-order valence-electron chi connectivity index (χ1n) is 6.37. The van der Waals surface area contributed by atoms with E-state index in [2.05, 4.69) is 38.1 Å². The van der Waals surface area contributed by atoms with Crippen molar-refractivity contribution in [3.8, 4) is 0 Å². The van der Waals surface area contributed by atoms with Crippen LogP contribution >= 0.6 is 0 Å². The van der Waals surface area contributed by atoms with Crippen LogP contribution in [0.15, 0.2) is 0 Å². The van der Waals surface area contributed by atoms with E-state index >= 15 is 0 Å². The van der Waals surface area contributed by atoms with E-state index in [1.165, 1.54) is 11.3 Å². The maximum absolute atomic E-state index is 5.76. The molecule has 0 saturated heterocycles. The van der Waals surface area contributed by atoms with Crippen molar-refractivity contribution < 1.29 is 0 Å². The average molecular weight is 238 g/mol. The van der Waals surface area contributed by atoms with Crippen molar-refractivity contribution in [3.63, 3.8) is 0 Å². The highest BCUT2D eigenvalue weighted by Gasteiger charge is 2.12. The zero-order valence-corrected chi connectivity index (χ0v) is 11.7. The van der Waals surface area contributed by atoms with Crippen LogP contribution < -0.4 is 11.1 Å². The minimum absolute atomic E-state index is 0.548. The summed E-state index contributed by atoms with van der Waals surface area (Å²) in [5.41, 5.74) is 9.43. The minimum Gasteiger partial charge on any atom is -0.330 e. The third-order valence-electron chi connectivity index (χ3n) is 3.61. The molecule has 17 heavy (non-hydrogen) atoms. The molecule has 1 unspecified atom stereocenters. The van der Waals surface area contributed by atoms with Crippen molar-refractivity contribution in [2.75, 3.05) is 13.1 Å². The summed E-state index contributed by atoms with van der Waals surface area (Å²) in [5, 5.41) is 7.91. The first kappa shape index (κ1) is 14.2. The number of nitrogens with one attached hydrogen (secondary N) is 1. The Hall–Kier alpha value is -0.870. The average Bonchev–Trinajstić information content (AvgIpc) is 2.49. The lowest BCUT2D eigenvalue weighted by Gasteiger charge is -2.19. The molecule has 1 rings (SSSR count). The van der Waals surface area contributed by atoms with Gasteiger partial charge in [0.15, 0.2) is 0 Å². The van der Waals surface area contributed by atoms with Crippen molar-refractivity contribution >= 4 is 0 Å². The summed E-state index contributed by atoms with van der Waals surface area (Å²) in [6.45, 7) is 11.2. The SMILES string of the molecule is Cc1nn(C)c(C)c1CNCC(CN)C(C)C. The number of rotatable bonds is 6. The normalized spacial score (nSPS) is 13.4. The summed E-state index contributed by atoms with van der Waals surface area (Å²) in [7, 11) is 1.99. The van der Waals surface area contributed by atoms with Gasteiger partial charge in [-0.2, -0.15) is 5.10 Å². The Balaban J connectivity index is 2.51. The topological polar surface area (TPSA) is 55.9 Å². The van der Waals surface area contributed by atoms with E-state index in [0.29, 0.717) is 11.8 Å². The Morgan fingerprint density at radius 1 is 1.35 bits per heavy atom. The van der Waals surface area contributed by atoms with Gasteiger partial charge in [0.2, 0.25) is 0 Å². The second kappa shape index (κ2) is 6.17. The minimum atomic E-state index is 0.548. The van der Waals surface area contributed by atoms with Gasteiger partial charge in [-0.3, -0.25) is 4.68 Å². The van der Waals surface area contributed by atoms with Gasteiger partial charge in [0.25, 0.3) is 0 Å². The third-order valence-corrected chi connectivity index (χ3v) is 3.61. The molecule has 4 heteroatoms. The standard InChI is InChI=1S/C13H26N4/c1-9(2)12(6-14)7-15-8-13-10(3)16-17(5)11(13)4/h9,12,15H,6-8,14H2,1-5H3. The van der Waals surface area contributed by atoms with Crippen LogP contribution in [0.25, 0.3) is 0 Å². The number of aromatic nitrogens is 2. The zero-order chi connectivity index (χ0) is 13.0. The molecule has 0 fully saturated rings. The predicted octanol–water partition coefficient (Wildman–Crippen LogP) is 1.36. The van der Waals surface area contributed by atoms with Crippen molar-refractivity contribution in [2.24, 2.45) is 24.6 Å². The Kier molecular flexibility index (Phi) is 5.15. The van der Waals surface area contributed by atoms with E-state index in [0.717, 1.165) is 25.3 Å². The third kappa shape index (κ3) is 3.54. The largest absolute Gasteiger partial charge is 0.330 e. The quantitative estimate of drug-likeness (QED) is 0.787. The molecule has 0 radical (unpaired) electrons. The van der Waals surface area contributed by atoms with Gasteiger partial charge in [0, 0.05) is 24.8 Å². The van der Waals surface area contributed by atoms with E-state index in [1.807, 2.05) is 11.7 Å². The van der Waals surface area contributed by atoms with Crippen molar-refractivity contribution in [2.45, 2.75) is 34.2 Å². The smallest absolute Gasteiger partial charge is 0.0641 e. The Bertz CT molecular complexity index is 355. The molecule has 0 aromatic carbocycles. The second-order valence-electron chi connectivity index (χ2n) is 5.14. The summed E-state index contributed by atoms with van der Waals surface area (Å²) in [5.74, 6) is 1.18. The zero-order valence-electron chi connectivity index (χ0n) is 11.7. The van der Waals surface area contributed by atoms with E-state index in [9.17, 15) is 0 Å². The molecule has 0 amide bonds. The predicted molar refractivity (Wildman–Crippen MR) is 71.8 cm³/mol. The number of nitrogens with two attached hydrogens (primary N) is 1. The Labute approximate surface area is 105 Å². The molecule has 0 aliphatic rings. The highest BCUT2D eigenvalue weighted by atomic mass is 15.3. The number of hydrogen-bond acceptors (Lipinski definition) is 3. The first-order chi connectivity index (χ1) is 7.97. The van der Waals surface area contributed by atoms with E-state index in [-0.39, 0.29) is 0 Å². The summed E-state index contributed by atoms with van der Waals surface area (Å²) in [6.07, 6.45) is 0. The summed E-state index contributed by atoms with van der Waals surface area (Å²) in [6, 6.07) is 0. The molecule has 0 aliphatic carbocycles. The molecule has 98 valence electrons. The first-order valence-corrected chi connectivity index (χ1v) is 6.37. The van der Waals surface area contributed by atoms with Gasteiger partial charge in [0.05, 0.1) is 5.69 Å². The van der Waals surface area contributed by atoms with E-state index < -0.39 is 0 Å². The molecule has 0 saturated carbocycles. The van der Waals surface area contributed by atoms with Crippen LogP contribution in [0, 0.1) is 25.7 Å². The number of aryl methyl sites for hydroxylation is 2. The summed E-state index contributed by atoms with van der Waals surface area (Å²) >= 11 is 0. The summed E-state index contributed by atoms with van der Waals surface area (Å²) < 4.78 is 1.94. The van der Waals surface area contributed by atoms with Gasteiger partial charge in [0.1, 0.15) is 0 Å². The molecule has 1 aromatic rings. The molecule has 0 spiro atoms. The van der Waals surface area contributed by atoms with E-state index in [1.54, 1.807) is 0 Å². The van der Waals surface area contributed by atoms with Crippen LogP contribution in [0.3, 0.4) is 0 Å². The molecule has 0 bridgehead atoms.